The summed E-state index contributed by atoms with van der Waals surface area (Å²) in [5, 5.41) is 12.4. The van der Waals surface area contributed by atoms with Crippen LogP contribution in [-0.4, -0.2) is 4.92 Å². The highest BCUT2D eigenvalue weighted by Crippen LogP contribution is 2.24. The van der Waals surface area contributed by atoms with Crippen molar-refractivity contribution in [2.75, 3.05) is 0 Å². The summed E-state index contributed by atoms with van der Waals surface area (Å²) >= 11 is 0. The van der Waals surface area contributed by atoms with Gasteiger partial charge in [-0.15, -0.1) is 0 Å². The van der Waals surface area contributed by atoms with Gasteiger partial charge >= 0.3 is 0 Å². The zero-order chi connectivity index (χ0) is 12.4. The maximum absolute atomic E-state index is 10.7. The molecule has 0 saturated carbocycles. The highest BCUT2D eigenvalue weighted by molar-refractivity contribution is 5.86. The van der Waals surface area contributed by atoms with Crippen LogP contribution in [0.3, 0.4) is 0 Å². The number of nitrogens with zero attached hydrogens (tertiary/aromatic N) is 1. The molecule has 2 rings (SSSR count). The van der Waals surface area contributed by atoms with Gasteiger partial charge < -0.3 is 11.5 Å². The quantitative estimate of drug-likeness (QED) is 0.620. The third kappa shape index (κ3) is 2.11. The number of rotatable bonds is 3. The first-order chi connectivity index (χ1) is 8.15. The Hall–Kier alpha value is -1.98. The van der Waals surface area contributed by atoms with E-state index in [4.69, 9.17) is 11.5 Å². The molecule has 5 nitrogen and oxygen atoms in total. The minimum Gasteiger partial charge on any atom is -0.326 e. The van der Waals surface area contributed by atoms with Crippen LogP contribution in [0.15, 0.2) is 30.3 Å². The van der Waals surface area contributed by atoms with Crippen molar-refractivity contribution < 1.29 is 4.92 Å². The number of non-ortho nitro benzene ring substituents is 1. The first-order valence-corrected chi connectivity index (χ1v) is 5.26. The summed E-state index contributed by atoms with van der Waals surface area (Å²) in [6, 6.07) is 8.57. The number of hydrogen-bond donors (Lipinski definition) is 2. The van der Waals surface area contributed by atoms with Gasteiger partial charge in [0.1, 0.15) is 0 Å². The Kier molecular flexibility index (Phi) is 3.03. The molecule has 0 aromatic heterocycles. The highest BCUT2D eigenvalue weighted by atomic mass is 16.6. The predicted molar refractivity (Wildman–Crippen MR) is 66.4 cm³/mol. The number of nitro groups is 1. The molecule has 0 aliphatic heterocycles. The first-order valence-electron chi connectivity index (χ1n) is 5.26. The highest BCUT2D eigenvalue weighted by Gasteiger charge is 2.08. The van der Waals surface area contributed by atoms with Crippen molar-refractivity contribution in [1.29, 1.82) is 0 Å². The van der Waals surface area contributed by atoms with E-state index < -0.39 is 4.92 Å². The van der Waals surface area contributed by atoms with Crippen molar-refractivity contribution in [2.45, 2.75) is 13.1 Å². The van der Waals surface area contributed by atoms with E-state index in [1.807, 2.05) is 12.1 Å². The lowest BCUT2D eigenvalue weighted by atomic mass is 10.0. The molecule has 0 heterocycles. The monoisotopic (exact) mass is 231 g/mol. The van der Waals surface area contributed by atoms with Crippen molar-refractivity contribution in [3.8, 4) is 0 Å². The average Bonchev–Trinajstić information content (AvgIpc) is 2.36. The van der Waals surface area contributed by atoms with E-state index in [2.05, 4.69) is 0 Å². The van der Waals surface area contributed by atoms with Gasteiger partial charge in [-0.2, -0.15) is 0 Å². The van der Waals surface area contributed by atoms with Gasteiger partial charge in [0.05, 0.1) is 4.92 Å². The van der Waals surface area contributed by atoms with Crippen LogP contribution < -0.4 is 11.5 Å². The number of benzene rings is 2. The lowest BCUT2D eigenvalue weighted by Gasteiger charge is -2.08. The molecular formula is C12H13N3O2. The van der Waals surface area contributed by atoms with E-state index in [9.17, 15) is 10.1 Å². The molecule has 4 N–H and O–H groups in total. The van der Waals surface area contributed by atoms with Crippen LogP contribution in [0.4, 0.5) is 5.69 Å². The van der Waals surface area contributed by atoms with E-state index in [0.29, 0.717) is 13.1 Å². The summed E-state index contributed by atoms with van der Waals surface area (Å²) in [7, 11) is 0. The van der Waals surface area contributed by atoms with Crippen molar-refractivity contribution in [2.24, 2.45) is 11.5 Å². The Balaban J connectivity index is 2.66. The summed E-state index contributed by atoms with van der Waals surface area (Å²) < 4.78 is 0. The smallest absolute Gasteiger partial charge is 0.270 e. The second-order valence-electron chi connectivity index (χ2n) is 3.82. The Labute approximate surface area is 98.2 Å². The molecule has 0 spiro atoms. The van der Waals surface area contributed by atoms with Crippen molar-refractivity contribution >= 4 is 16.5 Å². The van der Waals surface area contributed by atoms with E-state index in [0.717, 1.165) is 21.9 Å². The zero-order valence-corrected chi connectivity index (χ0v) is 9.22. The molecule has 5 heteroatoms. The van der Waals surface area contributed by atoms with Crippen LogP contribution in [0.2, 0.25) is 0 Å². The second-order valence-corrected chi connectivity index (χ2v) is 3.82. The van der Waals surface area contributed by atoms with Crippen LogP contribution in [-0.2, 0) is 13.1 Å². The standard InChI is InChI=1S/C12H13N3O2/c13-6-10-3-8-1-2-12(15(16)17)5-9(8)4-11(10)7-14/h1-5H,6-7,13-14H2. The van der Waals surface area contributed by atoms with Gasteiger partial charge in [0.15, 0.2) is 0 Å². The summed E-state index contributed by atoms with van der Waals surface area (Å²) in [6.07, 6.45) is 0. The number of fused-ring (bicyclic) bond motifs is 1. The van der Waals surface area contributed by atoms with Crippen LogP contribution in [0, 0.1) is 10.1 Å². The summed E-state index contributed by atoms with van der Waals surface area (Å²) in [5.74, 6) is 0. The second kappa shape index (κ2) is 4.48. The fourth-order valence-corrected chi connectivity index (χ4v) is 1.87. The molecule has 2 aromatic rings. The normalized spacial score (nSPS) is 10.7. The fraction of sp³-hybridized carbons (Fsp3) is 0.167. The van der Waals surface area contributed by atoms with Gasteiger partial charge in [-0.25, -0.2) is 0 Å². The Morgan fingerprint density at radius 2 is 1.59 bits per heavy atom. The molecule has 0 saturated heterocycles. The van der Waals surface area contributed by atoms with Gasteiger partial charge in [0.25, 0.3) is 5.69 Å². The molecule has 88 valence electrons. The van der Waals surface area contributed by atoms with E-state index in [-0.39, 0.29) is 5.69 Å². The Morgan fingerprint density at radius 3 is 2.12 bits per heavy atom. The van der Waals surface area contributed by atoms with Gasteiger partial charge in [0, 0.05) is 25.2 Å². The van der Waals surface area contributed by atoms with Crippen LogP contribution in [0.1, 0.15) is 11.1 Å². The van der Waals surface area contributed by atoms with Crippen LogP contribution >= 0.6 is 0 Å². The molecule has 0 bridgehead atoms. The Morgan fingerprint density at radius 1 is 1.00 bits per heavy atom. The molecule has 0 fully saturated rings. The van der Waals surface area contributed by atoms with Gasteiger partial charge in [-0.05, 0) is 40.1 Å². The van der Waals surface area contributed by atoms with Gasteiger partial charge in [0.2, 0.25) is 0 Å². The molecule has 0 atom stereocenters. The summed E-state index contributed by atoms with van der Waals surface area (Å²) in [5.41, 5.74) is 13.3. The molecule has 0 aliphatic rings. The minimum absolute atomic E-state index is 0.0842. The third-order valence-electron chi connectivity index (χ3n) is 2.79. The average molecular weight is 231 g/mol. The summed E-state index contributed by atoms with van der Waals surface area (Å²) in [6.45, 7) is 0.796. The topological polar surface area (TPSA) is 95.2 Å². The molecule has 17 heavy (non-hydrogen) atoms. The lowest BCUT2D eigenvalue weighted by molar-refractivity contribution is -0.384. The van der Waals surface area contributed by atoms with Crippen molar-refractivity contribution in [3.05, 3.63) is 51.6 Å². The third-order valence-corrected chi connectivity index (χ3v) is 2.79. The van der Waals surface area contributed by atoms with Crippen molar-refractivity contribution in [3.63, 3.8) is 0 Å². The largest absolute Gasteiger partial charge is 0.326 e. The van der Waals surface area contributed by atoms with E-state index >= 15 is 0 Å². The maximum atomic E-state index is 10.7. The van der Waals surface area contributed by atoms with E-state index in [1.54, 1.807) is 12.1 Å². The molecular weight excluding hydrogens is 218 g/mol. The Bertz CT molecular complexity index is 581. The predicted octanol–water partition coefficient (Wildman–Crippen LogP) is 1.67. The molecule has 0 unspecified atom stereocenters. The van der Waals surface area contributed by atoms with Crippen molar-refractivity contribution in [1.82, 2.24) is 0 Å². The zero-order valence-electron chi connectivity index (χ0n) is 9.22. The van der Waals surface area contributed by atoms with E-state index in [1.165, 1.54) is 6.07 Å². The first kappa shape index (κ1) is 11.5. The van der Waals surface area contributed by atoms with Gasteiger partial charge in [-0.1, -0.05) is 0 Å². The molecule has 2 aromatic carbocycles. The number of hydrogen-bond acceptors (Lipinski definition) is 4. The maximum Gasteiger partial charge on any atom is 0.270 e. The molecule has 0 amide bonds. The van der Waals surface area contributed by atoms with Gasteiger partial charge in [-0.3, -0.25) is 10.1 Å². The molecule has 0 radical (unpaired) electrons. The molecule has 0 aliphatic carbocycles. The SMILES string of the molecule is NCc1cc2ccc([N+](=O)[O-])cc2cc1CN. The number of nitrogens with two attached hydrogens (primary N) is 2. The minimum atomic E-state index is -0.404. The summed E-state index contributed by atoms with van der Waals surface area (Å²) in [4.78, 5) is 10.3. The number of nitro benzene ring substituents is 1. The van der Waals surface area contributed by atoms with Crippen LogP contribution in [0.5, 0.6) is 0 Å². The lowest BCUT2D eigenvalue weighted by Crippen LogP contribution is -2.06. The van der Waals surface area contributed by atoms with Crippen LogP contribution in [0.25, 0.3) is 10.8 Å². The fourth-order valence-electron chi connectivity index (χ4n) is 1.87.